The summed E-state index contributed by atoms with van der Waals surface area (Å²) in [6.45, 7) is 1.49. The van der Waals surface area contributed by atoms with Crippen molar-refractivity contribution in [2.24, 2.45) is 5.41 Å². The largest absolute Gasteiger partial charge is 0.341 e. The van der Waals surface area contributed by atoms with Crippen molar-refractivity contribution in [3.8, 4) is 0 Å². The maximum Gasteiger partial charge on any atom is 0.242 e. The molecule has 22 heavy (non-hydrogen) atoms. The molecule has 0 radical (unpaired) electrons. The van der Waals surface area contributed by atoms with Gasteiger partial charge in [0.2, 0.25) is 17.7 Å². The van der Waals surface area contributed by atoms with Gasteiger partial charge in [-0.15, -0.1) is 0 Å². The fraction of sp³-hybridized carbons (Fsp3) is 0.824. The Morgan fingerprint density at radius 2 is 1.50 bits per heavy atom. The van der Waals surface area contributed by atoms with E-state index in [4.69, 9.17) is 0 Å². The van der Waals surface area contributed by atoms with Crippen LogP contribution in [0.2, 0.25) is 0 Å². The molecule has 0 unspecified atom stereocenters. The first-order chi connectivity index (χ1) is 10.6. The maximum atomic E-state index is 12.7. The fourth-order valence-electron chi connectivity index (χ4n) is 4.19. The quantitative estimate of drug-likeness (QED) is 0.734. The molecule has 0 aromatic rings. The summed E-state index contributed by atoms with van der Waals surface area (Å²) in [7, 11) is 0. The van der Waals surface area contributed by atoms with Crippen LogP contribution in [0.15, 0.2) is 0 Å². The Bertz CT molecular complexity index is 461. The van der Waals surface area contributed by atoms with Crippen LogP contribution in [0.25, 0.3) is 0 Å². The van der Waals surface area contributed by atoms with Gasteiger partial charge in [0.05, 0.1) is 5.41 Å². The number of carbonyl (C=O) groups is 3. The Labute approximate surface area is 132 Å². The van der Waals surface area contributed by atoms with Crippen LogP contribution in [-0.2, 0) is 14.4 Å². The topological polar surface area (TPSA) is 57.7 Å². The lowest BCUT2D eigenvalue weighted by Crippen LogP contribution is -2.44. The summed E-state index contributed by atoms with van der Waals surface area (Å²) in [5, 5.41) is 0. The van der Waals surface area contributed by atoms with Crippen molar-refractivity contribution in [1.29, 1.82) is 0 Å². The summed E-state index contributed by atoms with van der Waals surface area (Å²) in [4.78, 5) is 40.5. The molecule has 2 saturated heterocycles. The van der Waals surface area contributed by atoms with Gasteiger partial charge in [-0.3, -0.25) is 19.3 Å². The first kappa shape index (κ1) is 15.5. The fourth-order valence-corrected chi connectivity index (χ4v) is 4.19. The highest BCUT2D eigenvalue weighted by molar-refractivity contribution is 6.08. The first-order valence-corrected chi connectivity index (χ1v) is 8.75. The third kappa shape index (κ3) is 2.90. The molecular formula is C17H26N2O3. The molecule has 3 fully saturated rings. The average Bonchev–Trinajstić information content (AvgIpc) is 2.74. The zero-order valence-electron chi connectivity index (χ0n) is 13.3. The first-order valence-electron chi connectivity index (χ1n) is 8.75. The van der Waals surface area contributed by atoms with Gasteiger partial charge in [-0.25, -0.2) is 0 Å². The molecule has 3 rings (SSSR count). The van der Waals surface area contributed by atoms with Gasteiger partial charge in [0.15, 0.2) is 0 Å². The van der Waals surface area contributed by atoms with E-state index in [1.807, 2.05) is 4.90 Å². The second kappa shape index (κ2) is 6.39. The molecule has 0 atom stereocenters. The smallest absolute Gasteiger partial charge is 0.242 e. The molecule has 5 heteroatoms. The number of hydrogen-bond donors (Lipinski definition) is 0. The Morgan fingerprint density at radius 1 is 0.909 bits per heavy atom. The van der Waals surface area contributed by atoms with E-state index in [1.54, 1.807) is 0 Å². The van der Waals surface area contributed by atoms with E-state index in [9.17, 15) is 14.4 Å². The van der Waals surface area contributed by atoms with Gasteiger partial charge in [-0.05, 0) is 25.7 Å². The molecule has 0 aromatic heterocycles. The van der Waals surface area contributed by atoms with E-state index < -0.39 is 5.41 Å². The van der Waals surface area contributed by atoms with Crippen molar-refractivity contribution in [1.82, 2.24) is 9.80 Å². The van der Waals surface area contributed by atoms with Crippen molar-refractivity contribution < 1.29 is 14.4 Å². The highest BCUT2D eigenvalue weighted by Gasteiger charge is 2.51. The van der Waals surface area contributed by atoms with Crippen LogP contribution >= 0.6 is 0 Å². The normalized spacial score (nSPS) is 25.6. The van der Waals surface area contributed by atoms with Crippen LogP contribution in [0.5, 0.6) is 0 Å². The van der Waals surface area contributed by atoms with Gasteiger partial charge in [0, 0.05) is 19.5 Å². The highest BCUT2D eigenvalue weighted by Crippen LogP contribution is 2.45. The molecule has 3 aliphatic rings. The number of nitrogens with zero attached hydrogens (tertiary/aromatic N) is 2. The van der Waals surface area contributed by atoms with E-state index in [0.717, 1.165) is 70.9 Å². The third-order valence-corrected chi connectivity index (χ3v) is 5.55. The van der Waals surface area contributed by atoms with Crippen molar-refractivity contribution in [3.63, 3.8) is 0 Å². The molecular weight excluding hydrogens is 280 g/mol. The third-order valence-electron chi connectivity index (χ3n) is 5.55. The molecule has 0 bridgehead atoms. The number of imide groups is 1. The summed E-state index contributed by atoms with van der Waals surface area (Å²) >= 11 is 0. The summed E-state index contributed by atoms with van der Waals surface area (Å²) in [5.41, 5.74) is -0.478. The molecule has 5 nitrogen and oxygen atoms in total. The van der Waals surface area contributed by atoms with E-state index >= 15 is 0 Å². The molecule has 0 aromatic carbocycles. The van der Waals surface area contributed by atoms with Crippen LogP contribution in [0.4, 0.5) is 0 Å². The number of carbonyl (C=O) groups excluding carboxylic acids is 3. The maximum absolute atomic E-state index is 12.7. The zero-order valence-corrected chi connectivity index (χ0v) is 13.3. The summed E-state index contributed by atoms with van der Waals surface area (Å²) in [5.74, 6) is -0.285. The van der Waals surface area contributed by atoms with Crippen molar-refractivity contribution in [2.45, 2.75) is 64.2 Å². The SMILES string of the molecule is O=C(CN1C(=O)CC2(CCCCC2)C1=O)N1CCCCCC1. The highest BCUT2D eigenvalue weighted by atomic mass is 16.2. The standard InChI is InChI=1S/C17H26N2O3/c20-14-12-17(8-4-3-5-9-17)16(22)19(14)13-15(21)18-10-6-1-2-7-11-18/h1-13H2. The Morgan fingerprint density at radius 3 is 2.14 bits per heavy atom. The van der Waals surface area contributed by atoms with E-state index in [2.05, 4.69) is 0 Å². The van der Waals surface area contributed by atoms with Gasteiger partial charge in [-0.2, -0.15) is 0 Å². The van der Waals surface area contributed by atoms with E-state index in [1.165, 1.54) is 4.90 Å². The minimum atomic E-state index is -0.478. The van der Waals surface area contributed by atoms with Gasteiger partial charge in [0.1, 0.15) is 6.54 Å². The summed E-state index contributed by atoms with van der Waals surface area (Å²) < 4.78 is 0. The molecule has 122 valence electrons. The van der Waals surface area contributed by atoms with Crippen molar-refractivity contribution >= 4 is 17.7 Å². The molecule has 0 N–H and O–H groups in total. The minimum absolute atomic E-state index is 0.0422. The van der Waals surface area contributed by atoms with Crippen LogP contribution in [0, 0.1) is 5.41 Å². The Hall–Kier alpha value is -1.39. The van der Waals surface area contributed by atoms with Crippen LogP contribution in [0.1, 0.15) is 64.2 Å². The van der Waals surface area contributed by atoms with Crippen LogP contribution in [0.3, 0.4) is 0 Å². The number of likely N-dealkylation sites (tertiary alicyclic amines) is 2. The Balaban J connectivity index is 1.65. The van der Waals surface area contributed by atoms with Crippen LogP contribution in [-0.4, -0.2) is 47.2 Å². The second-order valence-electron chi connectivity index (χ2n) is 7.10. The minimum Gasteiger partial charge on any atom is -0.341 e. The monoisotopic (exact) mass is 306 g/mol. The molecule has 2 heterocycles. The molecule has 1 spiro atoms. The predicted octanol–water partition coefficient (Wildman–Crippen LogP) is 2.10. The molecule has 2 aliphatic heterocycles. The van der Waals surface area contributed by atoms with E-state index in [0.29, 0.717) is 6.42 Å². The molecule has 3 amide bonds. The second-order valence-corrected chi connectivity index (χ2v) is 7.10. The molecule has 1 aliphatic carbocycles. The lowest BCUT2D eigenvalue weighted by molar-refractivity contribution is -0.148. The number of rotatable bonds is 2. The summed E-state index contributed by atoms with van der Waals surface area (Å²) in [6, 6.07) is 0. The van der Waals surface area contributed by atoms with E-state index in [-0.39, 0.29) is 24.3 Å². The summed E-state index contributed by atoms with van der Waals surface area (Å²) in [6.07, 6.45) is 9.50. The number of amides is 3. The van der Waals surface area contributed by atoms with Gasteiger partial charge < -0.3 is 4.90 Å². The molecule has 1 saturated carbocycles. The predicted molar refractivity (Wildman–Crippen MR) is 81.9 cm³/mol. The lowest BCUT2D eigenvalue weighted by atomic mass is 9.73. The average molecular weight is 306 g/mol. The van der Waals surface area contributed by atoms with Crippen molar-refractivity contribution in [3.05, 3.63) is 0 Å². The van der Waals surface area contributed by atoms with Crippen molar-refractivity contribution in [2.75, 3.05) is 19.6 Å². The van der Waals surface area contributed by atoms with Crippen LogP contribution < -0.4 is 0 Å². The Kier molecular flexibility index (Phi) is 4.50. The zero-order chi connectivity index (χ0) is 15.6. The van der Waals surface area contributed by atoms with Gasteiger partial charge in [-0.1, -0.05) is 32.1 Å². The van der Waals surface area contributed by atoms with Gasteiger partial charge in [0.25, 0.3) is 0 Å². The number of hydrogen-bond acceptors (Lipinski definition) is 3. The van der Waals surface area contributed by atoms with Gasteiger partial charge >= 0.3 is 0 Å². The lowest BCUT2D eigenvalue weighted by Gasteiger charge is -2.30.